The standard InChI is InChI=1S/C10H15N3S/c1-13(3-2-11)10-4-8-6-14-7-9(8)5-12-10/h4-5H,2-3,6-7,11H2,1H3. The summed E-state index contributed by atoms with van der Waals surface area (Å²) in [6.07, 6.45) is 2.00. The van der Waals surface area contributed by atoms with Crippen LogP contribution in [0, 0.1) is 0 Å². The molecule has 0 aliphatic carbocycles. The normalized spacial score (nSPS) is 14.1. The maximum absolute atomic E-state index is 5.51. The minimum atomic E-state index is 0.671. The van der Waals surface area contributed by atoms with Gasteiger partial charge in [-0.25, -0.2) is 4.98 Å². The number of thioether (sulfide) groups is 1. The number of anilines is 1. The third-order valence-corrected chi connectivity index (χ3v) is 3.47. The summed E-state index contributed by atoms with van der Waals surface area (Å²) in [6.45, 7) is 1.53. The molecule has 1 aromatic heterocycles. The number of hydrogen-bond donors (Lipinski definition) is 1. The monoisotopic (exact) mass is 209 g/mol. The maximum atomic E-state index is 5.51. The van der Waals surface area contributed by atoms with Gasteiger partial charge in [0.25, 0.3) is 0 Å². The Morgan fingerprint density at radius 2 is 2.29 bits per heavy atom. The average Bonchev–Trinajstić information content (AvgIpc) is 2.64. The zero-order valence-corrected chi connectivity index (χ0v) is 9.18. The van der Waals surface area contributed by atoms with Gasteiger partial charge in [0.2, 0.25) is 0 Å². The lowest BCUT2D eigenvalue weighted by Crippen LogP contribution is -2.25. The molecule has 14 heavy (non-hydrogen) atoms. The van der Waals surface area contributed by atoms with Crippen LogP contribution in [0.15, 0.2) is 12.3 Å². The van der Waals surface area contributed by atoms with Crippen molar-refractivity contribution in [1.29, 1.82) is 0 Å². The van der Waals surface area contributed by atoms with Gasteiger partial charge in [0.15, 0.2) is 0 Å². The van der Waals surface area contributed by atoms with Crippen LogP contribution < -0.4 is 10.6 Å². The van der Waals surface area contributed by atoms with E-state index in [4.69, 9.17) is 5.73 Å². The maximum Gasteiger partial charge on any atom is 0.128 e. The molecule has 0 amide bonds. The SMILES string of the molecule is CN(CCN)c1cc2c(cn1)CSC2. The van der Waals surface area contributed by atoms with Gasteiger partial charge in [0.1, 0.15) is 5.82 Å². The van der Waals surface area contributed by atoms with Crippen molar-refractivity contribution in [3.05, 3.63) is 23.4 Å². The summed E-state index contributed by atoms with van der Waals surface area (Å²) >= 11 is 1.95. The first-order chi connectivity index (χ1) is 6.81. The van der Waals surface area contributed by atoms with Crippen LogP contribution in [-0.2, 0) is 11.5 Å². The minimum absolute atomic E-state index is 0.671. The number of nitrogens with two attached hydrogens (primary N) is 1. The van der Waals surface area contributed by atoms with Crippen LogP contribution in [0.3, 0.4) is 0 Å². The number of nitrogens with zero attached hydrogens (tertiary/aromatic N) is 2. The molecule has 2 heterocycles. The molecule has 0 fully saturated rings. The quantitative estimate of drug-likeness (QED) is 0.813. The molecule has 0 spiro atoms. The van der Waals surface area contributed by atoms with Gasteiger partial charge in [0.05, 0.1) is 0 Å². The molecule has 0 aromatic carbocycles. The largest absolute Gasteiger partial charge is 0.358 e. The molecule has 2 rings (SSSR count). The molecule has 1 aliphatic heterocycles. The fourth-order valence-electron chi connectivity index (χ4n) is 1.56. The lowest BCUT2D eigenvalue weighted by molar-refractivity contribution is 0.866. The molecule has 76 valence electrons. The summed E-state index contributed by atoms with van der Waals surface area (Å²) in [7, 11) is 2.03. The van der Waals surface area contributed by atoms with E-state index < -0.39 is 0 Å². The van der Waals surface area contributed by atoms with Gasteiger partial charge in [-0.05, 0) is 17.2 Å². The van der Waals surface area contributed by atoms with E-state index >= 15 is 0 Å². The smallest absolute Gasteiger partial charge is 0.128 e. The Kier molecular flexibility index (Phi) is 2.93. The molecular weight excluding hydrogens is 194 g/mol. The summed E-state index contributed by atoms with van der Waals surface area (Å²) in [4.78, 5) is 6.53. The lowest BCUT2D eigenvalue weighted by Gasteiger charge is -2.17. The van der Waals surface area contributed by atoms with E-state index in [1.54, 1.807) is 0 Å². The highest BCUT2D eigenvalue weighted by Gasteiger charge is 2.13. The fourth-order valence-corrected chi connectivity index (χ4v) is 2.64. The molecule has 1 aliphatic rings. The van der Waals surface area contributed by atoms with E-state index in [1.165, 1.54) is 11.1 Å². The van der Waals surface area contributed by atoms with Crippen molar-refractivity contribution in [2.24, 2.45) is 5.73 Å². The first kappa shape index (κ1) is 9.80. The number of pyridine rings is 1. The van der Waals surface area contributed by atoms with E-state index in [1.807, 2.05) is 25.0 Å². The summed E-state index contributed by atoms with van der Waals surface area (Å²) in [5.74, 6) is 3.28. The fraction of sp³-hybridized carbons (Fsp3) is 0.500. The second-order valence-electron chi connectivity index (χ2n) is 3.51. The molecule has 0 bridgehead atoms. The Hall–Kier alpha value is -0.740. The molecule has 2 N–H and O–H groups in total. The minimum Gasteiger partial charge on any atom is -0.358 e. The van der Waals surface area contributed by atoms with E-state index in [0.717, 1.165) is 23.9 Å². The number of aromatic nitrogens is 1. The molecule has 0 unspecified atom stereocenters. The van der Waals surface area contributed by atoms with E-state index in [-0.39, 0.29) is 0 Å². The second-order valence-corrected chi connectivity index (χ2v) is 4.50. The Morgan fingerprint density at radius 3 is 3.07 bits per heavy atom. The first-order valence-electron chi connectivity index (χ1n) is 4.78. The highest BCUT2D eigenvalue weighted by Crippen LogP contribution is 2.30. The van der Waals surface area contributed by atoms with Crippen LogP contribution in [0.2, 0.25) is 0 Å². The molecular formula is C10H15N3S. The Balaban J connectivity index is 2.19. The third kappa shape index (κ3) is 1.86. The third-order valence-electron chi connectivity index (χ3n) is 2.44. The molecule has 0 atom stereocenters. The zero-order valence-electron chi connectivity index (χ0n) is 8.36. The van der Waals surface area contributed by atoms with Crippen molar-refractivity contribution < 1.29 is 0 Å². The number of fused-ring (bicyclic) bond motifs is 1. The van der Waals surface area contributed by atoms with E-state index in [9.17, 15) is 0 Å². The first-order valence-corrected chi connectivity index (χ1v) is 5.93. The van der Waals surface area contributed by atoms with Crippen molar-refractivity contribution in [2.45, 2.75) is 11.5 Å². The van der Waals surface area contributed by atoms with Crippen LogP contribution in [0.4, 0.5) is 5.82 Å². The van der Waals surface area contributed by atoms with Crippen LogP contribution in [0.25, 0.3) is 0 Å². The Bertz CT molecular complexity index is 327. The molecule has 0 radical (unpaired) electrons. The zero-order chi connectivity index (χ0) is 9.97. The Labute approximate surface area is 88.7 Å². The van der Waals surface area contributed by atoms with Gasteiger partial charge in [-0.1, -0.05) is 0 Å². The van der Waals surface area contributed by atoms with Gasteiger partial charge in [-0.3, -0.25) is 0 Å². The van der Waals surface area contributed by atoms with Crippen LogP contribution in [0.1, 0.15) is 11.1 Å². The number of likely N-dealkylation sites (N-methyl/N-ethyl adjacent to an activating group) is 1. The van der Waals surface area contributed by atoms with Gasteiger partial charge < -0.3 is 10.6 Å². The molecule has 0 saturated carbocycles. The summed E-state index contributed by atoms with van der Waals surface area (Å²) in [5, 5.41) is 0. The van der Waals surface area contributed by atoms with Gasteiger partial charge in [0, 0.05) is 37.8 Å². The predicted octanol–water partition coefficient (Wildman–Crippen LogP) is 1.22. The predicted molar refractivity (Wildman–Crippen MR) is 61.6 cm³/mol. The lowest BCUT2D eigenvalue weighted by atomic mass is 10.2. The highest BCUT2D eigenvalue weighted by atomic mass is 32.2. The molecule has 4 heteroatoms. The van der Waals surface area contributed by atoms with Crippen molar-refractivity contribution in [3.63, 3.8) is 0 Å². The Morgan fingerprint density at radius 1 is 1.50 bits per heavy atom. The van der Waals surface area contributed by atoms with Gasteiger partial charge >= 0.3 is 0 Å². The summed E-state index contributed by atoms with van der Waals surface area (Å²) < 4.78 is 0. The van der Waals surface area contributed by atoms with Crippen molar-refractivity contribution in [2.75, 3.05) is 25.0 Å². The second kappa shape index (κ2) is 4.19. The molecule has 0 saturated heterocycles. The summed E-state index contributed by atoms with van der Waals surface area (Å²) in [5.41, 5.74) is 8.33. The number of hydrogen-bond acceptors (Lipinski definition) is 4. The molecule has 3 nitrogen and oxygen atoms in total. The van der Waals surface area contributed by atoms with Crippen molar-refractivity contribution >= 4 is 17.6 Å². The van der Waals surface area contributed by atoms with Gasteiger partial charge in [-0.2, -0.15) is 11.8 Å². The van der Waals surface area contributed by atoms with Crippen molar-refractivity contribution in [1.82, 2.24) is 4.98 Å². The van der Waals surface area contributed by atoms with Crippen molar-refractivity contribution in [3.8, 4) is 0 Å². The van der Waals surface area contributed by atoms with E-state index in [0.29, 0.717) is 6.54 Å². The van der Waals surface area contributed by atoms with E-state index in [2.05, 4.69) is 16.0 Å². The van der Waals surface area contributed by atoms with Crippen LogP contribution in [-0.4, -0.2) is 25.1 Å². The average molecular weight is 209 g/mol. The number of rotatable bonds is 3. The van der Waals surface area contributed by atoms with Gasteiger partial charge in [-0.15, -0.1) is 0 Å². The molecule has 1 aromatic rings. The topological polar surface area (TPSA) is 42.1 Å². The van der Waals surface area contributed by atoms with Crippen LogP contribution >= 0.6 is 11.8 Å². The highest BCUT2D eigenvalue weighted by molar-refractivity contribution is 7.98. The van der Waals surface area contributed by atoms with Crippen LogP contribution in [0.5, 0.6) is 0 Å². The summed E-state index contributed by atoms with van der Waals surface area (Å²) in [6, 6.07) is 2.19.